The lowest BCUT2D eigenvalue weighted by atomic mass is 10.1. The molecule has 3 nitrogen and oxygen atoms in total. The summed E-state index contributed by atoms with van der Waals surface area (Å²) in [5.41, 5.74) is 1.11. The molecule has 18 heavy (non-hydrogen) atoms. The van der Waals surface area contributed by atoms with Crippen molar-refractivity contribution in [1.82, 2.24) is 0 Å². The fourth-order valence-electron chi connectivity index (χ4n) is 1.76. The molecule has 0 fully saturated rings. The van der Waals surface area contributed by atoms with Gasteiger partial charge in [-0.2, -0.15) is 0 Å². The van der Waals surface area contributed by atoms with E-state index in [4.69, 9.17) is 9.15 Å². The Kier molecular flexibility index (Phi) is 3.65. The standard InChI is InChI=1S/C14H15FO3/c1-3-4-7-17-14(16)13-9(2)11-8-10(15)5-6-12(11)18-13/h5-6,8H,3-4,7H2,1-2H3. The molecule has 0 unspecified atom stereocenters. The van der Waals surface area contributed by atoms with Crippen LogP contribution in [-0.4, -0.2) is 12.6 Å². The zero-order chi connectivity index (χ0) is 13.1. The second-order valence-electron chi connectivity index (χ2n) is 4.19. The van der Waals surface area contributed by atoms with Gasteiger partial charge in [0.05, 0.1) is 6.61 Å². The first kappa shape index (κ1) is 12.6. The molecule has 0 bridgehead atoms. The lowest BCUT2D eigenvalue weighted by Gasteiger charge is -2.01. The van der Waals surface area contributed by atoms with E-state index in [9.17, 15) is 9.18 Å². The quantitative estimate of drug-likeness (QED) is 0.611. The summed E-state index contributed by atoms with van der Waals surface area (Å²) in [6.45, 7) is 4.12. The van der Waals surface area contributed by atoms with Crippen molar-refractivity contribution >= 4 is 16.9 Å². The number of furan rings is 1. The Morgan fingerprint density at radius 3 is 2.94 bits per heavy atom. The molecule has 0 spiro atoms. The van der Waals surface area contributed by atoms with Gasteiger partial charge in [-0.1, -0.05) is 13.3 Å². The molecule has 0 aliphatic heterocycles. The highest BCUT2D eigenvalue weighted by Gasteiger charge is 2.19. The Bertz CT molecular complexity index is 572. The number of unbranched alkanes of at least 4 members (excludes halogenated alkanes) is 1. The zero-order valence-corrected chi connectivity index (χ0v) is 10.5. The highest BCUT2D eigenvalue weighted by molar-refractivity contribution is 5.95. The number of carbonyl (C=O) groups excluding carboxylic acids is 1. The molecule has 0 aliphatic rings. The number of benzene rings is 1. The van der Waals surface area contributed by atoms with Crippen molar-refractivity contribution in [2.75, 3.05) is 6.61 Å². The average Bonchev–Trinajstić information content (AvgIpc) is 2.67. The Balaban J connectivity index is 2.28. The first-order valence-corrected chi connectivity index (χ1v) is 5.99. The van der Waals surface area contributed by atoms with E-state index in [1.807, 2.05) is 6.92 Å². The number of aryl methyl sites for hydroxylation is 1. The predicted molar refractivity (Wildman–Crippen MR) is 66.1 cm³/mol. The van der Waals surface area contributed by atoms with Crippen LogP contribution in [0.3, 0.4) is 0 Å². The predicted octanol–water partition coefficient (Wildman–Crippen LogP) is 3.84. The summed E-state index contributed by atoms with van der Waals surface area (Å²) in [6.07, 6.45) is 1.78. The molecule has 0 aliphatic carbocycles. The minimum atomic E-state index is -0.488. The third-order valence-electron chi connectivity index (χ3n) is 2.81. The maximum Gasteiger partial charge on any atom is 0.374 e. The molecule has 0 saturated heterocycles. The normalized spacial score (nSPS) is 10.8. The summed E-state index contributed by atoms with van der Waals surface area (Å²) in [5, 5.41) is 0.609. The molecule has 0 amide bonds. The van der Waals surface area contributed by atoms with Crippen LogP contribution in [0.4, 0.5) is 4.39 Å². The van der Waals surface area contributed by atoms with Gasteiger partial charge in [-0.05, 0) is 31.5 Å². The van der Waals surface area contributed by atoms with E-state index in [-0.39, 0.29) is 11.6 Å². The van der Waals surface area contributed by atoms with Crippen LogP contribution in [0.25, 0.3) is 11.0 Å². The lowest BCUT2D eigenvalue weighted by Crippen LogP contribution is -2.06. The fourth-order valence-corrected chi connectivity index (χ4v) is 1.76. The second-order valence-corrected chi connectivity index (χ2v) is 4.19. The van der Waals surface area contributed by atoms with Gasteiger partial charge in [-0.15, -0.1) is 0 Å². The van der Waals surface area contributed by atoms with E-state index in [1.54, 1.807) is 6.92 Å². The molecule has 2 aromatic rings. The summed E-state index contributed by atoms with van der Waals surface area (Å²) in [4.78, 5) is 11.8. The summed E-state index contributed by atoms with van der Waals surface area (Å²) < 4.78 is 23.6. The molecule has 0 radical (unpaired) electrons. The van der Waals surface area contributed by atoms with Crippen molar-refractivity contribution in [3.05, 3.63) is 35.3 Å². The Labute approximate surface area is 105 Å². The minimum absolute atomic E-state index is 0.159. The second kappa shape index (κ2) is 5.21. The van der Waals surface area contributed by atoms with Gasteiger partial charge < -0.3 is 9.15 Å². The minimum Gasteiger partial charge on any atom is -0.460 e. The molecule has 0 saturated carbocycles. The van der Waals surface area contributed by atoms with Crippen molar-refractivity contribution in [3.63, 3.8) is 0 Å². The number of rotatable bonds is 4. The van der Waals surface area contributed by atoms with Gasteiger partial charge in [-0.25, -0.2) is 9.18 Å². The molecule has 4 heteroatoms. The van der Waals surface area contributed by atoms with Gasteiger partial charge in [0.1, 0.15) is 11.4 Å². The summed E-state index contributed by atoms with van der Waals surface area (Å²) in [6, 6.07) is 4.18. The first-order chi connectivity index (χ1) is 8.63. The van der Waals surface area contributed by atoms with Crippen LogP contribution in [0.15, 0.2) is 22.6 Å². The third kappa shape index (κ3) is 2.37. The number of carbonyl (C=O) groups is 1. The molecule has 2 rings (SSSR count). The maximum atomic E-state index is 13.1. The van der Waals surface area contributed by atoms with Gasteiger partial charge >= 0.3 is 5.97 Å². The van der Waals surface area contributed by atoms with E-state index in [0.29, 0.717) is 23.1 Å². The molecule has 1 aromatic carbocycles. The van der Waals surface area contributed by atoms with Crippen molar-refractivity contribution in [2.45, 2.75) is 26.7 Å². The van der Waals surface area contributed by atoms with Crippen LogP contribution in [0.2, 0.25) is 0 Å². The average molecular weight is 250 g/mol. The molecule has 0 atom stereocenters. The highest BCUT2D eigenvalue weighted by Crippen LogP contribution is 2.26. The maximum absolute atomic E-state index is 13.1. The van der Waals surface area contributed by atoms with E-state index < -0.39 is 5.97 Å². The van der Waals surface area contributed by atoms with Gasteiger partial charge in [0.2, 0.25) is 5.76 Å². The topological polar surface area (TPSA) is 39.4 Å². The van der Waals surface area contributed by atoms with Crippen LogP contribution in [0.5, 0.6) is 0 Å². The molecular formula is C14H15FO3. The van der Waals surface area contributed by atoms with Crippen molar-refractivity contribution in [3.8, 4) is 0 Å². The van der Waals surface area contributed by atoms with Crippen molar-refractivity contribution in [2.24, 2.45) is 0 Å². The molecule has 1 aromatic heterocycles. The van der Waals surface area contributed by atoms with Gasteiger partial charge in [0, 0.05) is 10.9 Å². The van der Waals surface area contributed by atoms with E-state index in [0.717, 1.165) is 12.8 Å². The zero-order valence-electron chi connectivity index (χ0n) is 10.5. The summed E-state index contributed by atoms with van der Waals surface area (Å²) >= 11 is 0. The van der Waals surface area contributed by atoms with Crippen LogP contribution in [0, 0.1) is 12.7 Å². The van der Waals surface area contributed by atoms with Crippen LogP contribution in [-0.2, 0) is 4.74 Å². The molecule has 0 N–H and O–H groups in total. The van der Waals surface area contributed by atoms with Gasteiger partial charge in [0.15, 0.2) is 0 Å². The van der Waals surface area contributed by atoms with Crippen molar-refractivity contribution < 1.29 is 18.3 Å². The smallest absolute Gasteiger partial charge is 0.374 e. The SMILES string of the molecule is CCCCOC(=O)c1oc2ccc(F)cc2c1C. The number of halogens is 1. The van der Waals surface area contributed by atoms with E-state index in [1.165, 1.54) is 18.2 Å². The van der Waals surface area contributed by atoms with Gasteiger partial charge in [-0.3, -0.25) is 0 Å². The third-order valence-corrected chi connectivity index (χ3v) is 2.81. The Hall–Kier alpha value is -1.84. The van der Waals surface area contributed by atoms with Crippen molar-refractivity contribution in [1.29, 1.82) is 0 Å². The number of ether oxygens (including phenoxy) is 1. The largest absolute Gasteiger partial charge is 0.460 e. The van der Waals surface area contributed by atoms with E-state index >= 15 is 0 Å². The number of fused-ring (bicyclic) bond motifs is 1. The summed E-state index contributed by atoms with van der Waals surface area (Å²) in [7, 11) is 0. The van der Waals surface area contributed by atoms with Gasteiger partial charge in [0.25, 0.3) is 0 Å². The number of esters is 1. The monoisotopic (exact) mass is 250 g/mol. The molecule has 1 heterocycles. The fraction of sp³-hybridized carbons (Fsp3) is 0.357. The number of hydrogen-bond acceptors (Lipinski definition) is 3. The van der Waals surface area contributed by atoms with E-state index in [2.05, 4.69) is 0 Å². The van der Waals surface area contributed by atoms with Crippen LogP contribution >= 0.6 is 0 Å². The molecular weight excluding hydrogens is 235 g/mol. The number of hydrogen-bond donors (Lipinski definition) is 0. The molecule has 96 valence electrons. The Morgan fingerprint density at radius 1 is 1.44 bits per heavy atom. The van der Waals surface area contributed by atoms with Crippen LogP contribution < -0.4 is 0 Å². The lowest BCUT2D eigenvalue weighted by molar-refractivity contribution is 0.0465. The highest BCUT2D eigenvalue weighted by atomic mass is 19.1. The Morgan fingerprint density at radius 2 is 2.22 bits per heavy atom. The first-order valence-electron chi connectivity index (χ1n) is 5.99. The van der Waals surface area contributed by atoms with Crippen LogP contribution in [0.1, 0.15) is 35.9 Å². The summed E-state index contributed by atoms with van der Waals surface area (Å²) in [5.74, 6) is -0.679.